The average molecular weight is 320 g/mol. The minimum absolute atomic E-state index is 0.146. The number of halogens is 1. The van der Waals surface area contributed by atoms with Gasteiger partial charge in [-0.15, -0.1) is 0 Å². The second-order valence-electron chi connectivity index (χ2n) is 3.99. The first-order valence-corrected chi connectivity index (χ1v) is 8.61. The molecule has 0 amide bonds. The van der Waals surface area contributed by atoms with Gasteiger partial charge in [-0.2, -0.15) is 16.1 Å². The first kappa shape index (κ1) is 14.7. The highest BCUT2D eigenvalue weighted by Gasteiger charge is 2.30. The molecule has 1 aromatic rings. The number of nitrogens with zero attached hydrogens (tertiary/aromatic N) is 1. The Morgan fingerprint density at radius 1 is 1.37 bits per heavy atom. The number of hydrogen-bond acceptors (Lipinski definition) is 4. The third-order valence-corrected chi connectivity index (χ3v) is 5.90. The summed E-state index contributed by atoms with van der Waals surface area (Å²) in [6, 6.07) is 3.84. The Morgan fingerprint density at radius 2 is 2.00 bits per heavy atom. The topological polar surface area (TPSA) is 63.4 Å². The van der Waals surface area contributed by atoms with E-state index in [1.165, 1.54) is 16.4 Å². The van der Waals surface area contributed by atoms with Crippen LogP contribution in [-0.2, 0) is 10.0 Å². The molecule has 1 fully saturated rings. The monoisotopic (exact) mass is 320 g/mol. The maximum absolute atomic E-state index is 13.7. The van der Waals surface area contributed by atoms with E-state index in [2.05, 4.69) is 0 Å². The maximum atomic E-state index is 13.7. The molecule has 0 saturated carbocycles. The van der Waals surface area contributed by atoms with Gasteiger partial charge >= 0.3 is 0 Å². The van der Waals surface area contributed by atoms with Crippen molar-refractivity contribution >= 4 is 39.0 Å². The van der Waals surface area contributed by atoms with Crippen LogP contribution in [0, 0.1) is 5.82 Å². The summed E-state index contributed by atoms with van der Waals surface area (Å²) in [5.41, 5.74) is 5.25. The zero-order valence-electron chi connectivity index (χ0n) is 10.0. The summed E-state index contributed by atoms with van der Waals surface area (Å²) < 4.78 is 40.1. The molecule has 1 aliphatic heterocycles. The van der Waals surface area contributed by atoms with Crippen LogP contribution >= 0.6 is 24.0 Å². The summed E-state index contributed by atoms with van der Waals surface area (Å²) in [4.78, 5) is -0.394. The fourth-order valence-corrected chi connectivity index (χ4v) is 4.95. The first-order valence-electron chi connectivity index (χ1n) is 5.61. The zero-order chi connectivity index (χ0) is 14.0. The molecule has 19 heavy (non-hydrogen) atoms. The smallest absolute Gasteiger partial charge is 0.243 e. The summed E-state index contributed by atoms with van der Waals surface area (Å²) in [5.74, 6) is 0.758. The first-order chi connectivity index (χ1) is 8.94. The van der Waals surface area contributed by atoms with Gasteiger partial charge in [0.15, 0.2) is 0 Å². The highest BCUT2D eigenvalue weighted by molar-refractivity contribution is 7.99. The number of sulfonamides is 1. The zero-order valence-corrected chi connectivity index (χ0v) is 12.5. The lowest BCUT2D eigenvalue weighted by atomic mass is 10.2. The van der Waals surface area contributed by atoms with Crippen LogP contribution in [0.2, 0.25) is 0 Å². The van der Waals surface area contributed by atoms with E-state index in [1.807, 2.05) is 0 Å². The van der Waals surface area contributed by atoms with Crippen molar-refractivity contribution in [3.63, 3.8) is 0 Å². The summed E-state index contributed by atoms with van der Waals surface area (Å²) >= 11 is 6.45. The van der Waals surface area contributed by atoms with Crippen molar-refractivity contribution in [3.05, 3.63) is 29.6 Å². The number of benzene rings is 1. The molecule has 1 aliphatic rings. The van der Waals surface area contributed by atoms with Crippen molar-refractivity contribution in [3.8, 4) is 0 Å². The third kappa shape index (κ3) is 2.91. The van der Waals surface area contributed by atoms with E-state index in [9.17, 15) is 12.8 Å². The van der Waals surface area contributed by atoms with Crippen LogP contribution in [0.25, 0.3) is 0 Å². The summed E-state index contributed by atoms with van der Waals surface area (Å²) in [6.07, 6.45) is 0. The number of thiocarbonyl (C=S) groups is 1. The fraction of sp³-hybridized carbons (Fsp3) is 0.364. The molecular formula is C11H13FN2O2S3. The Labute approximate surface area is 121 Å². The van der Waals surface area contributed by atoms with Gasteiger partial charge in [0.2, 0.25) is 10.0 Å². The van der Waals surface area contributed by atoms with Crippen LogP contribution in [0.3, 0.4) is 0 Å². The quantitative estimate of drug-likeness (QED) is 0.848. The molecule has 2 rings (SSSR count). The molecular weight excluding hydrogens is 307 g/mol. The van der Waals surface area contributed by atoms with Crippen molar-refractivity contribution in [1.82, 2.24) is 4.31 Å². The number of rotatable bonds is 3. The summed E-state index contributed by atoms with van der Waals surface area (Å²) in [6.45, 7) is 0.834. The van der Waals surface area contributed by atoms with Crippen molar-refractivity contribution in [1.29, 1.82) is 0 Å². The Bertz CT molecular complexity index is 598. The number of hydrogen-bond donors (Lipinski definition) is 1. The molecule has 0 spiro atoms. The molecule has 8 heteroatoms. The highest BCUT2D eigenvalue weighted by atomic mass is 32.2. The molecule has 0 atom stereocenters. The molecule has 0 aromatic heterocycles. The Morgan fingerprint density at radius 3 is 2.58 bits per heavy atom. The maximum Gasteiger partial charge on any atom is 0.243 e. The van der Waals surface area contributed by atoms with Crippen LogP contribution in [0.15, 0.2) is 23.1 Å². The van der Waals surface area contributed by atoms with Crippen LogP contribution in [0.1, 0.15) is 5.56 Å². The number of nitrogens with two attached hydrogens (primary N) is 1. The van der Waals surface area contributed by atoms with Crippen molar-refractivity contribution in [2.45, 2.75) is 4.90 Å². The molecule has 1 heterocycles. The van der Waals surface area contributed by atoms with Crippen molar-refractivity contribution in [2.75, 3.05) is 24.6 Å². The third-order valence-electron chi connectivity index (χ3n) is 2.81. The van der Waals surface area contributed by atoms with Gasteiger partial charge in [-0.1, -0.05) is 18.3 Å². The number of thioether (sulfide) groups is 1. The van der Waals surface area contributed by atoms with E-state index in [4.69, 9.17) is 18.0 Å². The molecule has 2 N–H and O–H groups in total. The highest BCUT2D eigenvalue weighted by Crippen LogP contribution is 2.24. The Kier molecular flexibility index (Phi) is 4.44. The molecule has 1 saturated heterocycles. The standard InChI is InChI=1S/C11H13FN2O2S3/c12-8-2-1-3-9(10(8)11(13)17)19(15,16)14-4-6-18-7-5-14/h1-3H,4-7H2,(H2,13,17). The van der Waals surface area contributed by atoms with Gasteiger partial charge in [0.1, 0.15) is 10.8 Å². The van der Waals surface area contributed by atoms with Crippen LogP contribution < -0.4 is 5.73 Å². The molecule has 0 unspecified atom stereocenters. The fourth-order valence-electron chi connectivity index (χ4n) is 1.88. The minimum Gasteiger partial charge on any atom is -0.389 e. The van der Waals surface area contributed by atoms with Gasteiger partial charge in [0, 0.05) is 24.6 Å². The molecule has 1 aromatic carbocycles. The second kappa shape index (κ2) is 5.74. The predicted molar refractivity (Wildman–Crippen MR) is 78.4 cm³/mol. The van der Waals surface area contributed by atoms with Crippen molar-refractivity contribution in [2.24, 2.45) is 5.73 Å². The van der Waals surface area contributed by atoms with Gasteiger partial charge in [-0.05, 0) is 12.1 Å². The molecule has 0 radical (unpaired) electrons. The van der Waals surface area contributed by atoms with Crippen LogP contribution in [-0.4, -0.2) is 42.3 Å². The van der Waals surface area contributed by atoms with E-state index in [-0.39, 0.29) is 15.4 Å². The van der Waals surface area contributed by atoms with Gasteiger partial charge in [-0.25, -0.2) is 12.8 Å². The van der Waals surface area contributed by atoms with E-state index in [1.54, 1.807) is 11.8 Å². The minimum atomic E-state index is -3.75. The summed E-state index contributed by atoms with van der Waals surface area (Å²) in [7, 11) is -3.75. The Balaban J connectivity index is 2.51. The van der Waals surface area contributed by atoms with Gasteiger partial charge in [-0.3, -0.25) is 0 Å². The van der Waals surface area contributed by atoms with Crippen molar-refractivity contribution < 1.29 is 12.8 Å². The van der Waals surface area contributed by atoms with E-state index in [0.29, 0.717) is 13.1 Å². The van der Waals surface area contributed by atoms with E-state index in [0.717, 1.165) is 17.6 Å². The normalized spacial score (nSPS) is 17.3. The molecule has 0 aliphatic carbocycles. The predicted octanol–water partition coefficient (Wildman–Crippen LogP) is 1.20. The Hall–Kier alpha value is -0.700. The van der Waals surface area contributed by atoms with Gasteiger partial charge in [0.25, 0.3) is 0 Å². The average Bonchev–Trinajstić information content (AvgIpc) is 2.39. The lowest BCUT2D eigenvalue weighted by Gasteiger charge is -2.26. The van der Waals surface area contributed by atoms with Gasteiger partial charge in [0.05, 0.1) is 10.5 Å². The lowest BCUT2D eigenvalue weighted by molar-refractivity contribution is 0.443. The largest absolute Gasteiger partial charge is 0.389 e. The lowest BCUT2D eigenvalue weighted by Crippen LogP contribution is -2.38. The van der Waals surface area contributed by atoms with Gasteiger partial charge < -0.3 is 5.73 Å². The van der Waals surface area contributed by atoms with E-state index < -0.39 is 15.8 Å². The molecule has 104 valence electrons. The van der Waals surface area contributed by atoms with Crippen LogP contribution in [0.5, 0.6) is 0 Å². The van der Waals surface area contributed by atoms with E-state index >= 15 is 0 Å². The second-order valence-corrected chi connectivity index (χ2v) is 7.56. The summed E-state index contributed by atoms with van der Waals surface area (Å²) in [5, 5.41) is 0. The molecule has 0 bridgehead atoms. The van der Waals surface area contributed by atoms with Crippen LogP contribution in [0.4, 0.5) is 4.39 Å². The molecule has 4 nitrogen and oxygen atoms in total. The SMILES string of the molecule is NC(=S)c1c(F)cccc1S(=O)(=O)N1CCSCC1.